The van der Waals surface area contributed by atoms with Crippen molar-refractivity contribution in [1.29, 1.82) is 0 Å². The SMILES string of the molecule is O=C([O-])CC(O)(CC(=O)[O-])C(=O)[O-].[Ba+2].[Ba+2]. The molecule has 0 amide bonds. The third-order valence-electron chi connectivity index (χ3n) is 1.25. The predicted molar refractivity (Wildman–Crippen MR) is 40.7 cm³/mol. The van der Waals surface area contributed by atoms with Crippen molar-refractivity contribution in [2.75, 3.05) is 0 Å². The summed E-state index contributed by atoms with van der Waals surface area (Å²) in [6.07, 6.45) is -2.72. The molecule has 0 atom stereocenters. The molecule has 0 radical (unpaired) electrons. The third-order valence-corrected chi connectivity index (χ3v) is 1.25. The number of aliphatic hydroxyl groups is 1. The molecule has 0 unspecified atom stereocenters. The Bertz CT molecular complexity index is 236. The minimum atomic E-state index is -2.97. The second-order valence-corrected chi connectivity index (χ2v) is 2.42. The number of carboxylic acid groups (broad SMARTS) is 3. The molecule has 0 aromatic rings. The van der Waals surface area contributed by atoms with E-state index in [1.54, 1.807) is 0 Å². The van der Waals surface area contributed by atoms with Crippen LogP contribution in [0.4, 0.5) is 0 Å². The van der Waals surface area contributed by atoms with E-state index in [1.165, 1.54) is 0 Å². The summed E-state index contributed by atoms with van der Waals surface area (Å²) in [5.41, 5.74) is -2.97. The molecule has 0 saturated carbocycles. The molecule has 0 rings (SSSR count). The summed E-state index contributed by atoms with van der Waals surface area (Å²) >= 11 is 0. The molecule has 0 saturated heterocycles. The van der Waals surface area contributed by atoms with Gasteiger partial charge in [0.15, 0.2) is 0 Å². The summed E-state index contributed by atoms with van der Waals surface area (Å²) in [5.74, 6) is -5.98. The first-order valence-corrected chi connectivity index (χ1v) is 3.11. The molecule has 0 aliphatic carbocycles. The molecule has 0 bridgehead atoms. The van der Waals surface area contributed by atoms with Crippen LogP contribution in [0.5, 0.6) is 0 Å². The Morgan fingerprint density at radius 2 is 1.20 bits per heavy atom. The van der Waals surface area contributed by atoms with Crippen molar-refractivity contribution < 1.29 is 34.8 Å². The fourth-order valence-corrected chi connectivity index (χ4v) is 0.684. The van der Waals surface area contributed by atoms with E-state index in [-0.39, 0.29) is 97.8 Å². The van der Waals surface area contributed by atoms with Crippen LogP contribution < -0.4 is 15.3 Å². The maximum atomic E-state index is 10.1. The molecule has 0 aromatic carbocycles. The minimum absolute atomic E-state index is 0. The first-order valence-electron chi connectivity index (χ1n) is 3.11. The first-order chi connectivity index (χ1) is 5.78. The van der Waals surface area contributed by atoms with Crippen molar-refractivity contribution in [3.05, 3.63) is 0 Å². The van der Waals surface area contributed by atoms with E-state index in [0.29, 0.717) is 0 Å². The smallest absolute Gasteiger partial charge is 0.550 e. The number of carbonyl (C=O) groups excluding carboxylic acids is 3. The zero-order chi connectivity index (χ0) is 10.6. The molecule has 0 heterocycles. The van der Waals surface area contributed by atoms with Crippen LogP contribution >= 0.6 is 0 Å². The molecule has 15 heavy (non-hydrogen) atoms. The van der Waals surface area contributed by atoms with Crippen LogP contribution in [0.2, 0.25) is 0 Å². The van der Waals surface area contributed by atoms with Gasteiger partial charge in [0.05, 0.1) is 5.97 Å². The summed E-state index contributed by atoms with van der Waals surface area (Å²) in [6, 6.07) is 0. The Morgan fingerprint density at radius 1 is 0.933 bits per heavy atom. The predicted octanol–water partition coefficient (Wildman–Crippen LogP) is -6.01. The summed E-state index contributed by atoms with van der Waals surface area (Å²) in [4.78, 5) is 30.0. The molecule has 7 nitrogen and oxygen atoms in total. The largest absolute Gasteiger partial charge is 2.00 e. The van der Waals surface area contributed by atoms with E-state index in [4.69, 9.17) is 5.11 Å². The number of carboxylic acids is 3. The van der Waals surface area contributed by atoms with Crippen molar-refractivity contribution in [1.82, 2.24) is 0 Å². The van der Waals surface area contributed by atoms with Gasteiger partial charge in [0.2, 0.25) is 0 Å². The molecule has 0 spiro atoms. The van der Waals surface area contributed by atoms with E-state index in [0.717, 1.165) is 0 Å². The van der Waals surface area contributed by atoms with Gasteiger partial charge in [-0.1, -0.05) is 0 Å². The third kappa shape index (κ3) is 9.24. The zero-order valence-corrected chi connectivity index (χ0v) is 16.6. The Hall–Kier alpha value is 1.51. The number of hydrogen-bond donors (Lipinski definition) is 1. The van der Waals surface area contributed by atoms with E-state index in [1.807, 2.05) is 0 Å². The Kier molecular flexibility index (Phi) is 13.8. The Balaban J connectivity index is -0.000000720. The molecule has 0 aliphatic rings. The van der Waals surface area contributed by atoms with Crippen LogP contribution in [0.15, 0.2) is 0 Å². The number of aliphatic carboxylic acids is 3. The quantitative estimate of drug-likeness (QED) is 0.400. The van der Waals surface area contributed by atoms with Crippen LogP contribution in [-0.4, -0.2) is 126 Å². The number of carbonyl (C=O) groups is 3. The van der Waals surface area contributed by atoms with Crippen molar-refractivity contribution in [2.24, 2.45) is 0 Å². The van der Waals surface area contributed by atoms with Gasteiger partial charge >= 0.3 is 97.8 Å². The Morgan fingerprint density at radius 3 is 1.33 bits per heavy atom. The summed E-state index contributed by atoms with van der Waals surface area (Å²) in [7, 11) is 0. The van der Waals surface area contributed by atoms with Crippen molar-refractivity contribution >= 4 is 116 Å². The van der Waals surface area contributed by atoms with Crippen molar-refractivity contribution in [3.63, 3.8) is 0 Å². The number of rotatable bonds is 5. The molecule has 9 heteroatoms. The van der Waals surface area contributed by atoms with Gasteiger partial charge in [0, 0.05) is 24.8 Å². The van der Waals surface area contributed by atoms with Gasteiger partial charge in [-0.15, -0.1) is 0 Å². The Labute approximate surface area is 165 Å². The van der Waals surface area contributed by atoms with Gasteiger partial charge in [-0.05, 0) is 0 Å². The van der Waals surface area contributed by atoms with Crippen molar-refractivity contribution in [3.8, 4) is 0 Å². The summed E-state index contributed by atoms with van der Waals surface area (Å²) in [5, 5.41) is 38.9. The molecule has 0 aliphatic heterocycles. The van der Waals surface area contributed by atoms with E-state index in [9.17, 15) is 29.7 Å². The van der Waals surface area contributed by atoms with Crippen LogP contribution in [0.25, 0.3) is 0 Å². The maximum Gasteiger partial charge on any atom is 2.00 e. The topological polar surface area (TPSA) is 141 Å². The second kappa shape index (κ2) is 9.53. The van der Waals surface area contributed by atoms with Crippen molar-refractivity contribution in [2.45, 2.75) is 18.4 Å². The van der Waals surface area contributed by atoms with Gasteiger partial charge in [-0.2, -0.15) is 0 Å². The normalized spacial score (nSPS) is 9.40. The van der Waals surface area contributed by atoms with Crippen LogP contribution in [0.1, 0.15) is 12.8 Å². The van der Waals surface area contributed by atoms with E-state index >= 15 is 0 Å². The maximum absolute atomic E-state index is 10.1. The molecule has 74 valence electrons. The summed E-state index contributed by atoms with van der Waals surface area (Å²) < 4.78 is 0. The zero-order valence-electron chi connectivity index (χ0n) is 7.73. The van der Waals surface area contributed by atoms with Gasteiger partial charge in [0.25, 0.3) is 0 Å². The van der Waals surface area contributed by atoms with Crippen LogP contribution in [0, 0.1) is 0 Å². The molecule has 0 aromatic heterocycles. The molecule has 1 N–H and O–H groups in total. The first kappa shape index (κ1) is 21.8. The van der Waals surface area contributed by atoms with E-state index < -0.39 is 36.4 Å². The molecule has 0 fully saturated rings. The van der Waals surface area contributed by atoms with E-state index in [2.05, 4.69) is 0 Å². The minimum Gasteiger partial charge on any atom is -0.550 e. The van der Waals surface area contributed by atoms with Gasteiger partial charge < -0.3 is 34.8 Å². The second-order valence-electron chi connectivity index (χ2n) is 2.42. The average Bonchev–Trinajstić information content (AvgIpc) is 1.82. The fourth-order valence-electron chi connectivity index (χ4n) is 0.684. The van der Waals surface area contributed by atoms with Crippen LogP contribution in [0.3, 0.4) is 0 Å². The molecular formula is C6H5Ba2O7+. The number of hydrogen-bond acceptors (Lipinski definition) is 7. The van der Waals surface area contributed by atoms with Gasteiger partial charge in [-0.3, -0.25) is 0 Å². The fraction of sp³-hybridized carbons (Fsp3) is 0.500. The monoisotopic (exact) mass is 465 g/mol. The van der Waals surface area contributed by atoms with Gasteiger partial charge in [-0.25, -0.2) is 0 Å². The van der Waals surface area contributed by atoms with Crippen LogP contribution in [-0.2, 0) is 14.4 Å². The van der Waals surface area contributed by atoms with Gasteiger partial charge in [0.1, 0.15) is 5.60 Å². The molecular weight excluding hydrogens is 459 g/mol. The average molecular weight is 464 g/mol. The standard InChI is InChI=1S/C6H8O7.2Ba/c7-3(8)1-6(13,5(11)12)2-4(9)10;;/h13H,1-2H2,(H,7,8)(H,9,10)(H,11,12);;/q;2*+2/p-3. The summed E-state index contributed by atoms with van der Waals surface area (Å²) in [6.45, 7) is 0.